The third-order valence-electron chi connectivity index (χ3n) is 4.55. The van der Waals surface area contributed by atoms with Gasteiger partial charge in [0.2, 0.25) is 6.79 Å². The molecule has 0 saturated carbocycles. The van der Waals surface area contributed by atoms with Gasteiger partial charge in [-0.05, 0) is 41.7 Å². The van der Waals surface area contributed by atoms with E-state index in [0.29, 0.717) is 13.3 Å². The monoisotopic (exact) mass is 297 g/mol. The predicted molar refractivity (Wildman–Crippen MR) is 88.5 cm³/mol. The molecular formula is C19H23NO2. The fraction of sp³-hybridized carbons (Fsp3) is 0.368. The van der Waals surface area contributed by atoms with Crippen LogP contribution in [0.2, 0.25) is 0 Å². The highest BCUT2D eigenvalue weighted by Gasteiger charge is 2.27. The second-order valence-electron chi connectivity index (χ2n) is 6.18. The highest BCUT2D eigenvalue weighted by molar-refractivity contribution is 5.47. The predicted octanol–water partition coefficient (Wildman–Crippen LogP) is 3.44. The Hall–Kier alpha value is -2.00. The number of hydrogen-bond donors (Lipinski definition) is 1. The first-order valence-corrected chi connectivity index (χ1v) is 7.82. The summed E-state index contributed by atoms with van der Waals surface area (Å²) in [5.41, 5.74) is 9.86. The first kappa shape index (κ1) is 14.9. The molecule has 3 heteroatoms. The van der Waals surface area contributed by atoms with Crippen LogP contribution in [-0.2, 0) is 18.3 Å². The van der Waals surface area contributed by atoms with Crippen LogP contribution in [0.1, 0.15) is 30.5 Å². The second kappa shape index (κ2) is 6.01. The van der Waals surface area contributed by atoms with E-state index < -0.39 is 0 Å². The van der Waals surface area contributed by atoms with Gasteiger partial charge < -0.3 is 15.2 Å². The Morgan fingerprint density at radius 3 is 2.36 bits per heavy atom. The van der Waals surface area contributed by atoms with Crippen molar-refractivity contribution < 1.29 is 9.47 Å². The highest BCUT2D eigenvalue weighted by atomic mass is 16.7. The van der Waals surface area contributed by atoms with Crippen LogP contribution in [0, 0.1) is 0 Å². The Kier molecular flexibility index (Phi) is 4.08. The molecule has 1 atom stereocenters. The lowest BCUT2D eigenvalue weighted by Crippen LogP contribution is -2.34. The maximum absolute atomic E-state index is 6.12. The Balaban J connectivity index is 1.86. The highest BCUT2D eigenvalue weighted by Crippen LogP contribution is 2.37. The number of benzene rings is 2. The summed E-state index contributed by atoms with van der Waals surface area (Å²) in [6, 6.07) is 15.0. The third kappa shape index (κ3) is 2.81. The molecule has 0 aliphatic carbocycles. The number of rotatable bonds is 5. The Morgan fingerprint density at radius 2 is 1.68 bits per heavy atom. The molecule has 2 aromatic rings. The van der Waals surface area contributed by atoms with Gasteiger partial charge in [-0.2, -0.15) is 0 Å². The van der Waals surface area contributed by atoms with E-state index in [9.17, 15) is 0 Å². The standard InChI is InChI=1S/C19H23NO2/c1-3-14-4-6-15(7-5-14)11-19(2,12-20)16-8-9-17-18(10-16)22-13-21-17/h4-10H,3,11-13,20H2,1-2H3. The smallest absolute Gasteiger partial charge is 0.231 e. The summed E-state index contributed by atoms with van der Waals surface area (Å²) in [7, 11) is 0. The van der Waals surface area contributed by atoms with Crippen LogP contribution in [0.4, 0.5) is 0 Å². The van der Waals surface area contributed by atoms with Crippen LogP contribution in [-0.4, -0.2) is 13.3 Å². The zero-order chi connectivity index (χ0) is 15.6. The molecule has 0 saturated heterocycles. The van der Waals surface area contributed by atoms with Crippen LogP contribution in [0.3, 0.4) is 0 Å². The van der Waals surface area contributed by atoms with Crippen molar-refractivity contribution in [3.05, 3.63) is 59.2 Å². The molecule has 3 nitrogen and oxygen atoms in total. The Morgan fingerprint density at radius 1 is 1.00 bits per heavy atom. The summed E-state index contributed by atoms with van der Waals surface area (Å²) in [5.74, 6) is 1.63. The van der Waals surface area contributed by atoms with Crippen LogP contribution < -0.4 is 15.2 Å². The van der Waals surface area contributed by atoms with E-state index in [1.165, 1.54) is 16.7 Å². The molecule has 1 aliphatic rings. The topological polar surface area (TPSA) is 44.5 Å². The summed E-state index contributed by atoms with van der Waals surface area (Å²) in [4.78, 5) is 0. The summed E-state index contributed by atoms with van der Waals surface area (Å²) >= 11 is 0. The molecule has 1 aliphatic heterocycles. The normalized spacial score (nSPS) is 15.6. The lowest BCUT2D eigenvalue weighted by atomic mass is 9.77. The minimum absolute atomic E-state index is 0.116. The van der Waals surface area contributed by atoms with Gasteiger partial charge in [0.05, 0.1) is 0 Å². The zero-order valence-electron chi connectivity index (χ0n) is 13.3. The minimum Gasteiger partial charge on any atom is -0.454 e. The molecule has 0 radical (unpaired) electrons. The van der Waals surface area contributed by atoms with Crippen molar-refractivity contribution in [2.75, 3.05) is 13.3 Å². The van der Waals surface area contributed by atoms with Gasteiger partial charge in [-0.15, -0.1) is 0 Å². The van der Waals surface area contributed by atoms with Crippen molar-refractivity contribution in [1.82, 2.24) is 0 Å². The molecule has 0 spiro atoms. The number of ether oxygens (including phenoxy) is 2. The largest absolute Gasteiger partial charge is 0.454 e. The summed E-state index contributed by atoms with van der Waals surface area (Å²) < 4.78 is 10.9. The quantitative estimate of drug-likeness (QED) is 0.919. The molecule has 116 valence electrons. The summed E-state index contributed by atoms with van der Waals surface area (Å²) in [6.07, 6.45) is 1.98. The number of fused-ring (bicyclic) bond motifs is 1. The van der Waals surface area contributed by atoms with Crippen LogP contribution in [0.15, 0.2) is 42.5 Å². The van der Waals surface area contributed by atoms with Gasteiger partial charge in [0.1, 0.15) is 0 Å². The van der Waals surface area contributed by atoms with Crippen molar-refractivity contribution >= 4 is 0 Å². The van der Waals surface area contributed by atoms with E-state index >= 15 is 0 Å². The second-order valence-corrected chi connectivity index (χ2v) is 6.18. The van der Waals surface area contributed by atoms with E-state index in [4.69, 9.17) is 15.2 Å². The van der Waals surface area contributed by atoms with Gasteiger partial charge in [0, 0.05) is 12.0 Å². The minimum atomic E-state index is -0.116. The fourth-order valence-corrected chi connectivity index (χ4v) is 2.91. The van der Waals surface area contributed by atoms with Gasteiger partial charge in [-0.25, -0.2) is 0 Å². The molecule has 2 aromatic carbocycles. The van der Waals surface area contributed by atoms with Crippen LogP contribution in [0.5, 0.6) is 11.5 Å². The van der Waals surface area contributed by atoms with E-state index in [1.807, 2.05) is 6.07 Å². The van der Waals surface area contributed by atoms with Crippen molar-refractivity contribution in [3.8, 4) is 11.5 Å². The van der Waals surface area contributed by atoms with Crippen molar-refractivity contribution in [3.63, 3.8) is 0 Å². The van der Waals surface area contributed by atoms with Crippen molar-refractivity contribution in [2.24, 2.45) is 5.73 Å². The molecule has 0 amide bonds. The van der Waals surface area contributed by atoms with Gasteiger partial charge >= 0.3 is 0 Å². The Labute approximate surface area is 132 Å². The molecule has 1 unspecified atom stereocenters. The molecule has 3 rings (SSSR count). The Bertz CT molecular complexity index is 651. The van der Waals surface area contributed by atoms with E-state index in [2.05, 4.69) is 50.2 Å². The third-order valence-corrected chi connectivity index (χ3v) is 4.55. The maximum Gasteiger partial charge on any atom is 0.231 e. The van der Waals surface area contributed by atoms with Crippen LogP contribution >= 0.6 is 0 Å². The van der Waals surface area contributed by atoms with Gasteiger partial charge in [0.25, 0.3) is 0 Å². The van der Waals surface area contributed by atoms with Gasteiger partial charge in [0.15, 0.2) is 11.5 Å². The first-order valence-electron chi connectivity index (χ1n) is 7.82. The van der Waals surface area contributed by atoms with E-state index in [0.717, 1.165) is 24.3 Å². The lowest BCUT2D eigenvalue weighted by molar-refractivity contribution is 0.174. The van der Waals surface area contributed by atoms with Gasteiger partial charge in [-0.3, -0.25) is 0 Å². The number of nitrogens with two attached hydrogens (primary N) is 1. The van der Waals surface area contributed by atoms with Gasteiger partial charge in [-0.1, -0.05) is 44.2 Å². The molecule has 0 bridgehead atoms. The van der Waals surface area contributed by atoms with Crippen molar-refractivity contribution in [1.29, 1.82) is 0 Å². The molecule has 0 fully saturated rings. The molecule has 1 heterocycles. The average Bonchev–Trinajstić information content (AvgIpc) is 3.03. The van der Waals surface area contributed by atoms with E-state index in [1.54, 1.807) is 0 Å². The van der Waals surface area contributed by atoms with Crippen LogP contribution in [0.25, 0.3) is 0 Å². The zero-order valence-corrected chi connectivity index (χ0v) is 13.3. The molecule has 0 aromatic heterocycles. The number of aryl methyl sites for hydroxylation is 1. The summed E-state index contributed by atoms with van der Waals surface area (Å²) in [6.45, 7) is 5.27. The maximum atomic E-state index is 6.12. The number of hydrogen-bond acceptors (Lipinski definition) is 3. The lowest BCUT2D eigenvalue weighted by Gasteiger charge is -2.29. The fourth-order valence-electron chi connectivity index (χ4n) is 2.91. The molecule has 22 heavy (non-hydrogen) atoms. The average molecular weight is 297 g/mol. The summed E-state index contributed by atoms with van der Waals surface area (Å²) in [5, 5.41) is 0. The molecule has 2 N–H and O–H groups in total. The molecular weight excluding hydrogens is 274 g/mol. The SMILES string of the molecule is CCc1ccc(CC(C)(CN)c2ccc3c(c2)OCO3)cc1. The first-order chi connectivity index (χ1) is 10.6. The van der Waals surface area contributed by atoms with Crippen molar-refractivity contribution in [2.45, 2.75) is 32.1 Å². The van der Waals surface area contributed by atoms with E-state index in [-0.39, 0.29) is 5.41 Å².